The van der Waals surface area contributed by atoms with Crippen LogP contribution in [0, 0.1) is 5.92 Å². The number of nitrogens with zero attached hydrogens (tertiary/aromatic N) is 2. The van der Waals surface area contributed by atoms with E-state index in [1.54, 1.807) is 0 Å². The molecule has 1 aliphatic rings. The van der Waals surface area contributed by atoms with E-state index in [1.807, 2.05) is 23.9 Å². The van der Waals surface area contributed by atoms with Gasteiger partial charge in [-0.25, -0.2) is 0 Å². The van der Waals surface area contributed by atoms with E-state index in [1.165, 1.54) is 19.3 Å². The van der Waals surface area contributed by atoms with Gasteiger partial charge in [0.2, 0.25) is 0 Å². The summed E-state index contributed by atoms with van der Waals surface area (Å²) in [6.07, 6.45) is 8.09. The van der Waals surface area contributed by atoms with Gasteiger partial charge in [0, 0.05) is 18.8 Å². The average molecular weight is 292 g/mol. The molecule has 2 rings (SSSR count). The Kier molecular flexibility index (Phi) is 5.97. The summed E-state index contributed by atoms with van der Waals surface area (Å²) in [6, 6.07) is 2.27. The predicted molar refractivity (Wildman–Crippen MR) is 83.3 cm³/mol. The molecule has 0 saturated heterocycles. The molecule has 1 aromatic heterocycles. The molecule has 1 fully saturated rings. The van der Waals surface area contributed by atoms with Crippen molar-refractivity contribution in [3.63, 3.8) is 0 Å². The van der Waals surface area contributed by atoms with Gasteiger partial charge in [0.15, 0.2) is 5.78 Å². The molecule has 1 aliphatic carbocycles. The fourth-order valence-electron chi connectivity index (χ4n) is 3.15. The third-order valence-electron chi connectivity index (χ3n) is 4.29. The molecule has 4 heteroatoms. The molecular weight excluding hydrogens is 264 g/mol. The number of ketones is 1. The van der Waals surface area contributed by atoms with Crippen molar-refractivity contribution in [3.05, 3.63) is 18.0 Å². The Morgan fingerprint density at radius 1 is 1.38 bits per heavy atom. The number of ether oxygens (including phenoxy) is 1. The van der Waals surface area contributed by atoms with Gasteiger partial charge in [-0.1, -0.05) is 19.3 Å². The van der Waals surface area contributed by atoms with Crippen LogP contribution in [0.2, 0.25) is 0 Å². The first-order chi connectivity index (χ1) is 10.1. The van der Waals surface area contributed by atoms with E-state index >= 15 is 0 Å². The zero-order chi connectivity index (χ0) is 15.2. The molecule has 21 heavy (non-hydrogen) atoms. The van der Waals surface area contributed by atoms with E-state index in [-0.39, 0.29) is 11.9 Å². The third kappa shape index (κ3) is 4.40. The largest absolute Gasteiger partial charge is 0.370 e. The molecule has 1 saturated carbocycles. The highest BCUT2D eigenvalue weighted by molar-refractivity contribution is 5.85. The van der Waals surface area contributed by atoms with E-state index in [4.69, 9.17) is 4.74 Å². The van der Waals surface area contributed by atoms with Crippen molar-refractivity contribution in [1.29, 1.82) is 0 Å². The first-order valence-electron chi connectivity index (χ1n) is 8.30. The van der Waals surface area contributed by atoms with Crippen molar-refractivity contribution in [2.45, 2.75) is 71.4 Å². The van der Waals surface area contributed by atoms with E-state index < -0.39 is 0 Å². The van der Waals surface area contributed by atoms with Gasteiger partial charge in [0.1, 0.15) is 6.10 Å². The highest BCUT2D eigenvalue weighted by Gasteiger charge is 2.30. The van der Waals surface area contributed by atoms with Crippen LogP contribution in [-0.2, 0) is 16.0 Å². The topological polar surface area (TPSA) is 44.1 Å². The van der Waals surface area contributed by atoms with Gasteiger partial charge >= 0.3 is 0 Å². The Morgan fingerprint density at radius 3 is 2.67 bits per heavy atom. The van der Waals surface area contributed by atoms with Gasteiger partial charge in [0.05, 0.1) is 12.1 Å². The number of carbonyl (C=O) groups excluding carboxylic acids is 1. The number of carbonyl (C=O) groups is 1. The SMILES string of the molecule is CCOC(C(=O)Cc1ccn(C(C)C)n1)C1CCCCC1. The van der Waals surface area contributed by atoms with Crippen LogP contribution in [0.1, 0.15) is 64.6 Å². The minimum absolute atomic E-state index is 0.192. The second-order valence-corrected chi connectivity index (χ2v) is 6.30. The molecule has 0 aliphatic heterocycles. The van der Waals surface area contributed by atoms with Crippen molar-refractivity contribution < 1.29 is 9.53 Å². The molecule has 1 aromatic rings. The van der Waals surface area contributed by atoms with Crippen LogP contribution in [0.15, 0.2) is 12.3 Å². The fourth-order valence-corrected chi connectivity index (χ4v) is 3.15. The van der Waals surface area contributed by atoms with Crippen molar-refractivity contribution in [3.8, 4) is 0 Å². The first-order valence-corrected chi connectivity index (χ1v) is 8.30. The van der Waals surface area contributed by atoms with Gasteiger partial charge in [-0.15, -0.1) is 0 Å². The number of hydrogen-bond acceptors (Lipinski definition) is 3. The summed E-state index contributed by atoms with van der Waals surface area (Å²) >= 11 is 0. The number of aromatic nitrogens is 2. The summed E-state index contributed by atoms with van der Waals surface area (Å²) < 4.78 is 7.69. The first kappa shape index (κ1) is 16.2. The maximum absolute atomic E-state index is 12.6. The van der Waals surface area contributed by atoms with Gasteiger partial charge in [-0.3, -0.25) is 9.48 Å². The molecule has 1 unspecified atom stereocenters. The van der Waals surface area contributed by atoms with E-state index in [0.29, 0.717) is 25.0 Å². The van der Waals surface area contributed by atoms with Crippen molar-refractivity contribution in [2.24, 2.45) is 5.92 Å². The fraction of sp³-hybridized carbons (Fsp3) is 0.765. The maximum atomic E-state index is 12.6. The number of hydrogen-bond donors (Lipinski definition) is 0. The highest BCUT2D eigenvalue weighted by atomic mass is 16.5. The number of rotatable bonds is 7. The molecule has 0 spiro atoms. The normalized spacial score (nSPS) is 18.1. The Labute approximate surface area is 127 Å². The molecule has 4 nitrogen and oxygen atoms in total. The lowest BCUT2D eigenvalue weighted by Crippen LogP contribution is -2.35. The van der Waals surface area contributed by atoms with Crippen molar-refractivity contribution in [2.75, 3.05) is 6.61 Å². The second kappa shape index (κ2) is 7.74. The molecule has 1 atom stereocenters. The molecule has 1 heterocycles. The summed E-state index contributed by atoms with van der Waals surface area (Å²) in [6.45, 7) is 6.75. The molecule has 0 radical (unpaired) electrons. The smallest absolute Gasteiger partial charge is 0.167 e. The molecule has 0 N–H and O–H groups in total. The van der Waals surface area contributed by atoms with Crippen molar-refractivity contribution >= 4 is 5.78 Å². The summed E-state index contributed by atoms with van der Waals surface area (Å²) in [5.74, 6) is 0.594. The van der Waals surface area contributed by atoms with E-state index in [9.17, 15) is 4.79 Å². The summed E-state index contributed by atoms with van der Waals surface area (Å²) in [7, 11) is 0. The Balaban J connectivity index is 1.99. The zero-order valence-corrected chi connectivity index (χ0v) is 13.5. The minimum Gasteiger partial charge on any atom is -0.370 e. The van der Waals surface area contributed by atoms with Gasteiger partial charge in [0.25, 0.3) is 0 Å². The summed E-state index contributed by atoms with van der Waals surface area (Å²) in [5, 5.41) is 4.48. The molecule has 0 aromatic carbocycles. The molecule has 0 amide bonds. The number of Topliss-reactive ketones (excluding diaryl/α,β-unsaturated/α-hetero) is 1. The van der Waals surface area contributed by atoms with E-state index in [2.05, 4.69) is 18.9 Å². The standard InChI is InChI=1S/C17H28N2O2/c1-4-21-17(14-8-6-5-7-9-14)16(20)12-15-10-11-19(18-15)13(2)3/h10-11,13-14,17H,4-9,12H2,1-3H3. The van der Waals surface area contributed by atoms with Crippen LogP contribution in [0.3, 0.4) is 0 Å². The lowest BCUT2D eigenvalue weighted by molar-refractivity contribution is -0.134. The predicted octanol–water partition coefficient (Wildman–Crippen LogP) is 3.56. The monoisotopic (exact) mass is 292 g/mol. The zero-order valence-electron chi connectivity index (χ0n) is 13.5. The Bertz CT molecular complexity index is 447. The minimum atomic E-state index is -0.237. The molecule has 118 valence electrons. The molecular formula is C17H28N2O2. The second-order valence-electron chi connectivity index (χ2n) is 6.30. The van der Waals surface area contributed by atoms with Gasteiger partial charge < -0.3 is 4.74 Å². The summed E-state index contributed by atoms with van der Waals surface area (Å²) in [4.78, 5) is 12.6. The van der Waals surface area contributed by atoms with Crippen LogP contribution in [0.4, 0.5) is 0 Å². The van der Waals surface area contributed by atoms with Gasteiger partial charge in [-0.05, 0) is 45.6 Å². The lowest BCUT2D eigenvalue weighted by Gasteiger charge is -2.28. The third-order valence-corrected chi connectivity index (χ3v) is 4.29. The quantitative estimate of drug-likeness (QED) is 0.772. The van der Waals surface area contributed by atoms with Crippen LogP contribution < -0.4 is 0 Å². The van der Waals surface area contributed by atoms with Crippen LogP contribution in [0.25, 0.3) is 0 Å². The average Bonchev–Trinajstić information content (AvgIpc) is 2.94. The maximum Gasteiger partial charge on any atom is 0.167 e. The van der Waals surface area contributed by atoms with Crippen LogP contribution >= 0.6 is 0 Å². The Morgan fingerprint density at radius 2 is 2.10 bits per heavy atom. The lowest BCUT2D eigenvalue weighted by atomic mass is 9.83. The van der Waals surface area contributed by atoms with E-state index in [0.717, 1.165) is 18.5 Å². The van der Waals surface area contributed by atoms with Crippen LogP contribution in [-0.4, -0.2) is 28.3 Å². The molecule has 0 bridgehead atoms. The van der Waals surface area contributed by atoms with Crippen LogP contribution in [0.5, 0.6) is 0 Å². The highest BCUT2D eigenvalue weighted by Crippen LogP contribution is 2.29. The van der Waals surface area contributed by atoms with Gasteiger partial charge in [-0.2, -0.15) is 5.10 Å². The van der Waals surface area contributed by atoms with Crippen molar-refractivity contribution in [1.82, 2.24) is 9.78 Å². The summed E-state index contributed by atoms with van der Waals surface area (Å²) in [5.41, 5.74) is 0.856. The Hall–Kier alpha value is -1.16.